The fourth-order valence-corrected chi connectivity index (χ4v) is 1.86. The van der Waals surface area contributed by atoms with Crippen LogP contribution in [0.4, 0.5) is 0 Å². The maximum atomic E-state index is 3.28. The second-order valence-electron chi connectivity index (χ2n) is 4.26. The van der Waals surface area contributed by atoms with Crippen molar-refractivity contribution in [3.05, 3.63) is 35.9 Å². The molecule has 0 bridgehead atoms. The number of aryl methyl sites for hydroxylation is 1. The van der Waals surface area contributed by atoms with Gasteiger partial charge in [0, 0.05) is 21.1 Å². The van der Waals surface area contributed by atoms with Gasteiger partial charge in [0.25, 0.3) is 0 Å². The molecule has 0 amide bonds. The molecule has 0 atom stereocenters. The molecule has 1 aromatic rings. The van der Waals surface area contributed by atoms with Crippen LogP contribution in [0.5, 0.6) is 0 Å². The zero-order chi connectivity index (χ0) is 10.8. The molecule has 1 aromatic carbocycles. The minimum absolute atomic E-state index is 0. The standard InChI is InChI=1S/C15H23.W/c1-2-3-4-5-6-7-9-12-15-13-10-8-11-14-15;/h8,10-11,13H,2-7,9,12H2,1H3;/q-1;. The third-order valence-electron chi connectivity index (χ3n) is 2.82. The molecular formula is C15H23W-. The predicted octanol–water partition coefficient (Wildman–Crippen LogP) is 4.78. The normalized spacial score (nSPS) is 9.81. The molecule has 0 heterocycles. The molecule has 90 valence electrons. The van der Waals surface area contributed by atoms with Crippen LogP contribution in [0.25, 0.3) is 0 Å². The Labute approximate surface area is 115 Å². The molecule has 0 saturated carbocycles. The summed E-state index contributed by atoms with van der Waals surface area (Å²) in [4.78, 5) is 0. The topological polar surface area (TPSA) is 0 Å². The third-order valence-corrected chi connectivity index (χ3v) is 2.82. The average molecular weight is 387 g/mol. The molecule has 0 saturated heterocycles. The van der Waals surface area contributed by atoms with Crippen molar-refractivity contribution in [3.63, 3.8) is 0 Å². The van der Waals surface area contributed by atoms with Crippen molar-refractivity contribution in [1.29, 1.82) is 0 Å². The van der Waals surface area contributed by atoms with E-state index < -0.39 is 0 Å². The third kappa shape index (κ3) is 8.11. The molecule has 0 unspecified atom stereocenters. The summed E-state index contributed by atoms with van der Waals surface area (Å²) in [5.41, 5.74) is 1.37. The van der Waals surface area contributed by atoms with Crippen LogP contribution >= 0.6 is 0 Å². The molecule has 16 heavy (non-hydrogen) atoms. The van der Waals surface area contributed by atoms with Crippen molar-refractivity contribution in [2.75, 3.05) is 0 Å². The van der Waals surface area contributed by atoms with Gasteiger partial charge in [-0.1, -0.05) is 58.3 Å². The van der Waals surface area contributed by atoms with Gasteiger partial charge in [0.1, 0.15) is 0 Å². The van der Waals surface area contributed by atoms with E-state index in [0.717, 1.165) is 0 Å². The smallest absolute Gasteiger partial charge is 0 e. The molecule has 0 N–H and O–H groups in total. The van der Waals surface area contributed by atoms with Crippen LogP contribution in [0.3, 0.4) is 0 Å². The van der Waals surface area contributed by atoms with E-state index in [1.807, 2.05) is 12.1 Å². The minimum Gasteiger partial charge on any atom is -0.180 e. The van der Waals surface area contributed by atoms with Crippen LogP contribution in [-0.4, -0.2) is 0 Å². The molecular weight excluding hydrogens is 364 g/mol. The molecule has 0 nitrogen and oxygen atoms in total. The average Bonchev–Trinajstić information content (AvgIpc) is 2.29. The molecule has 0 fully saturated rings. The fraction of sp³-hybridized carbons (Fsp3) is 0.600. The van der Waals surface area contributed by atoms with Crippen molar-refractivity contribution in [2.45, 2.75) is 58.3 Å². The van der Waals surface area contributed by atoms with Crippen LogP contribution in [0.1, 0.15) is 57.4 Å². The van der Waals surface area contributed by atoms with Crippen molar-refractivity contribution in [2.24, 2.45) is 0 Å². The molecule has 0 aromatic heterocycles. The zero-order valence-electron chi connectivity index (χ0n) is 10.4. The van der Waals surface area contributed by atoms with Gasteiger partial charge in [-0.25, -0.2) is 0 Å². The summed E-state index contributed by atoms with van der Waals surface area (Å²) < 4.78 is 0. The molecule has 0 spiro atoms. The molecule has 1 heteroatoms. The number of rotatable bonds is 8. The Balaban J connectivity index is 0.00000225. The summed E-state index contributed by atoms with van der Waals surface area (Å²) in [6.07, 6.45) is 10.9. The number of hydrogen-bond acceptors (Lipinski definition) is 0. The molecule has 0 aliphatic rings. The largest absolute Gasteiger partial charge is 0.180 e. The molecule has 1 rings (SSSR count). The Hall–Kier alpha value is -0.0917. The van der Waals surface area contributed by atoms with E-state index in [4.69, 9.17) is 0 Å². The Kier molecular flexibility index (Phi) is 11.3. The predicted molar refractivity (Wildman–Crippen MR) is 67.0 cm³/mol. The SMILES string of the molecule is CCCCCCCCCc1[c-]cccc1.[W]. The zero-order valence-corrected chi connectivity index (χ0v) is 13.3. The Morgan fingerprint density at radius 2 is 1.62 bits per heavy atom. The van der Waals surface area contributed by atoms with Crippen LogP contribution in [0.15, 0.2) is 24.3 Å². The van der Waals surface area contributed by atoms with Crippen molar-refractivity contribution >= 4 is 0 Å². The molecule has 0 radical (unpaired) electrons. The monoisotopic (exact) mass is 387 g/mol. The van der Waals surface area contributed by atoms with Gasteiger partial charge in [-0.2, -0.15) is 35.9 Å². The quantitative estimate of drug-likeness (QED) is 0.445. The van der Waals surface area contributed by atoms with Gasteiger partial charge >= 0.3 is 0 Å². The van der Waals surface area contributed by atoms with E-state index in [2.05, 4.69) is 25.1 Å². The Bertz CT molecular complexity index is 230. The summed E-state index contributed by atoms with van der Waals surface area (Å²) in [5.74, 6) is 0. The molecule has 0 aliphatic carbocycles. The maximum absolute atomic E-state index is 3.28. The van der Waals surface area contributed by atoms with E-state index in [1.165, 1.54) is 56.9 Å². The van der Waals surface area contributed by atoms with Gasteiger partial charge in [-0.3, -0.25) is 0 Å². The van der Waals surface area contributed by atoms with Crippen LogP contribution in [-0.2, 0) is 27.5 Å². The summed E-state index contributed by atoms with van der Waals surface area (Å²) in [5, 5.41) is 0. The first-order chi connectivity index (χ1) is 7.43. The van der Waals surface area contributed by atoms with Gasteiger partial charge in [-0.15, -0.1) is 0 Å². The first-order valence-corrected chi connectivity index (χ1v) is 6.39. The second kappa shape index (κ2) is 11.4. The first-order valence-electron chi connectivity index (χ1n) is 6.39. The Morgan fingerprint density at radius 1 is 0.938 bits per heavy atom. The second-order valence-corrected chi connectivity index (χ2v) is 4.26. The van der Waals surface area contributed by atoms with E-state index in [0.29, 0.717) is 0 Å². The summed E-state index contributed by atoms with van der Waals surface area (Å²) in [6, 6.07) is 11.6. The summed E-state index contributed by atoms with van der Waals surface area (Å²) in [6.45, 7) is 2.27. The van der Waals surface area contributed by atoms with Gasteiger partial charge in [-0.05, 0) is 0 Å². The van der Waals surface area contributed by atoms with Gasteiger partial charge < -0.3 is 0 Å². The Morgan fingerprint density at radius 3 is 2.25 bits per heavy atom. The molecule has 0 aliphatic heterocycles. The van der Waals surface area contributed by atoms with Crippen molar-refractivity contribution in [3.8, 4) is 0 Å². The van der Waals surface area contributed by atoms with Gasteiger partial charge in [0.05, 0.1) is 0 Å². The maximum Gasteiger partial charge on any atom is 0 e. The van der Waals surface area contributed by atoms with E-state index in [-0.39, 0.29) is 21.1 Å². The van der Waals surface area contributed by atoms with E-state index in [9.17, 15) is 0 Å². The van der Waals surface area contributed by atoms with Crippen LogP contribution < -0.4 is 0 Å². The van der Waals surface area contributed by atoms with E-state index >= 15 is 0 Å². The van der Waals surface area contributed by atoms with Crippen LogP contribution in [0, 0.1) is 6.07 Å². The van der Waals surface area contributed by atoms with Gasteiger partial charge in [0.2, 0.25) is 0 Å². The van der Waals surface area contributed by atoms with Crippen molar-refractivity contribution < 1.29 is 21.1 Å². The van der Waals surface area contributed by atoms with E-state index in [1.54, 1.807) is 0 Å². The minimum atomic E-state index is 0. The van der Waals surface area contributed by atoms with Crippen LogP contribution in [0.2, 0.25) is 0 Å². The number of unbranched alkanes of at least 4 members (excludes halogenated alkanes) is 6. The van der Waals surface area contributed by atoms with Crippen molar-refractivity contribution in [1.82, 2.24) is 0 Å². The number of hydrogen-bond donors (Lipinski definition) is 0. The summed E-state index contributed by atoms with van der Waals surface area (Å²) in [7, 11) is 0. The first kappa shape index (κ1) is 15.9. The van der Waals surface area contributed by atoms with Gasteiger partial charge in [0.15, 0.2) is 0 Å². The summed E-state index contributed by atoms with van der Waals surface area (Å²) >= 11 is 0. The fourth-order valence-electron chi connectivity index (χ4n) is 1.86. The number of benzene rings is 1.